The van der Waals surface area contributed by atoms with Gasteiger partial charge >= 0.3 is 7.60 Å². The maximum absolute atomic E-state index is 12.0. The fourth-order valence-electron chi connectivity index (χ4n) is 1.42. The first-order valence-corrected chi connectivity index (χ1v) is 8.63. The molecule has 0 bridgehead atoms. The van der Waals surface area contributed by atoms with Crippen LogP contribution in [0.25, 0.3) is 0 Å². The van der Waals surface area contributed by atoms with Gasteiger partial charge in [0.1, 0.15) is 11.9 Å². The summed E-state index contributed by atoms with van der Waals surface area (Å²) >= 11 is 3.14. The van der Waals surface area contributed by atoms with Gasteiger partial charge < -0.3 is 18.2 Å². The molecule has 8 heteroatoms. The van der Waals surface area contributed by atoms with Gasteiger partial charge in [0.05, 0.1) is 6.61 Å². The van der Waals surface area contributed by atoms with Crippen molar-refractivity contribution in [2.45, 2.75) is 25.9 Å². The Hall–Kier alpha value is -0.620. The number of halogens is 1. The molecule has 6 nitrogen and oxygen atoms in total. The van der Waals surface area contributed by atoms with Crippen molar-refractivity contribution < 1.29 is 22.8 Å². The predicted molar refractivity (Wildman–Crippen MR) is 78.4 cm³/mol. The first kappa shape index (κ1) is 17.4. The van der Waals surface area contributed by atoms with Crippen molar-refractivity contribution in [1.82, 2.24) is 0 Å². The lowest BCUT2D eigenvalue weighted by Crippen LogP contribution is -2.10. The van der Waals surface area contributed by atoms with Crippen molar-refractivity contribution >= 4 is 23.5 Å². The molecule has 0 unspecified atom stereocenters. The third-order valence-electron chi connectivity index (χ3n) is 2.57. The fraction of sp³-hybridized carbons (Fsp3) is 0.583. The van der Waals surface area contributed by atoms with E-state index in [0.717, 1.165) is 12.8 Å². The molecule has 0 spiro atoms. The summed E-state index contributed by atoms with van der Waals surface area (Å²) in [4.78, 5) is 11.9. The molecule has 1 aromatic rings. The van der Waals surface area contributed by atoms with E-state index in [0.29, 0.717) is 6.61 Å². The van der Waals surface area contributed by atoms with Crippen LogP contribution in [0.4, 0.5) is 0 Å². The summed E-state index contributed by atoms with van der Waals surface area (Å²) in [5, 5.41) is 0. The van der Waals surface area contributed by atoms with Gasteiger partial charge in [-0.2, -0.15) is 0 Å². The van der Waals surface area contributed by atoms with Crippen LogP contribution >= 0.6 is 23.5 Å². The standard InChI is InChI=1S/C12H18BrO6P/c1-4-5-6-18-11-10(14)7-9(19-12(11)13)8-20(15,16-2)17-3/h7H,4-6,8H2,1-3H3. The maximum atomic E-state index is 12.0. The molecule has 0 saturated carbocycles. The van der Waals surface area contributed by atoms with Crippen LogP contribution in [0.3, 0.4) is 0 Å². The Morgan fingerprint density at radius 2 is 2.00 bits per heavy atom. The number of rotatable bonds is 8. The topological polar surface area (TPSA) is 75.0 Å². The maximum Gasteiger partial charge on any atom is 0.337 e. The SMILES string of the molecule is CCCCOc1c(Br)oc(CP(=O)(OC)OC)cc1=O. The van der Waals surface area contributed by atoms with Crippen LogP contribution in [-0.4, -0.2) is 20.8 Å². The highest BCUT2D eigenvalue weighted by Gasteiger charge is 2.24. The van der Waals surface area contributed by atoms with Gasteiger partial charge in [0, 0.05) is 20.3 Å². The lowest BCUT2D eigenvalue weighted by atomic mass is 10.3. The van der Waals surface area contributed by atoms with Crippen molar-refractivity contribution in [2.75, 3.05) is 20.8 Å². The zero-order valence-electron chi connectivity index (χ0n) is 11.7. The quantitative estimate of drug-likeness (QED) is 0.515. The molecule has 0 atom stereocenters. The van der Waals surface area contributed by atoms with Gasteiger partial charge in [-0.15, -0.1) is 0 Å². The molecule has 20 heavy (non-hydrogen) atoms. The third-order valence-corrected chi connectivity index (χ3v) is 4.90. The van der Waals surface area contributed by atoms with E-state index >= 15 is 0 Å². The molecule has 0 fully saturated rings. The second kappa shape index (κ2) is 7.98. The molecule has 0 aliphatic rings. The van der Waals surface area contributed by atoms with E-state index < -0.39 is 7.60 Å². The van der Waals surface area contributed by atoms with Gasteiger partial charge in [-0.3, -0.25) is 9.36 Å². The van der Waals surface area contributed by atoms with Crippen molar-refractivity contribution in [1.29, 1.82) is 0 Å². The molecule has 0 radical (unpaired) electrons. The average Bonchev–Trinajstić information content (AvgIpc) is 2.42. The monoisotopic (exact) mass is 368 g/mol. The van der Waals surface area contributed by atoms with E-state index in [1.54, 1.807) is 0 Å². The molecule has 0 aliphatic heterocycles. The lowest BCUT2D eigenvalue weighted by molar-refractivity contribution is 0.268. The Morgan fingerprint density at radius 3 is 2.50 bits per heavy atom. The molecule has 114 valence electrons. The zero-order chi connectivity index (χ0) is 15.2. The second-order valence-electron chi connectivity index (χ2n) is 4.02. The smallest absolute Gasteiger partial charge is 0.337 e. The van der Waals surface area contributed by atoms with E-state index in [2.05, 4.69) is 15.9 Å². The van der Waals surface area contributed by atoms with Crippen molar-refractivity contribution in [3.05, 3.63) is 26.7 Å². The predicted octanol–water partition coefficient (Wildman–Crippen LogP) is 3.57. The Kier molecular flexibility index (Phi) is 6.95. The molecule has 0 N–H and O–H groups in total. The summed E-state index contributed by atoms with van der Waals surface area (Å²) in [5.41, 5.74) is -0.340. The van der Waals surface area contributed by atoms with Crippen LogP contribution in [0.5, 0.6) is 5.75 Å². The number of hydrogen-bond acceptors (Lipinski definition) is 6. The minimum atomic E-state index is -3.28. The molecular weight excluding hydrogens is 351 g/mol. The van der Waals surface area contributed by atoms with Crippen LogP contribution in [0.15, 0.2) is 19.9 Å². The molecule has 0 amide bonds. The van der Waals surface area contributed by atoms with Crippen LogP contribution in [0, 0.1) is 0 Å². The Labute approximate surface area is 126 Å². The summed E-state index contributed by atoms with van der Waals surface area (Å²) < 4.78 is 32.5. The largest absolute Gasteiger partial charge is 0.486 e. The number of unbranched alkanes of at least 4 members (excludes halogenated alkanes) is 1. The Morgan fingerprint density at radius 1 is 1.35 bits per heavy atom. The Bertz CT molecular complexity index is 533. The van der Waals surface area contributed by atoms with Gasteiger partial charge in [0.2, 0.25) is 15.8 Å². The van der Waals surface area contributed by atoms with Crippen molar-refractivity contribution in [2.24, 2.45) is 0 Å². The first-order chi connectivity index (χ1) is 9.45. The van der Waals surface area contributed by atoms with E-state index in [4.69, 9.17) is 18.2 Å². The summed E-state index contributed by atoms with van der Waals surface area (Å²) in [6.07, 6.45) is 1.69. The van der Waals surface area contributed by atoms with Crippen LogP contribution in [-0.2, 0) is 19.8 Å². The third kappa shape index (κ3) is 4.74. The second-order valence-corrected chi connectivity index (χ2v) is 7.00. The molecule has 0 saturated heterocycles. The molecule has 1 heterocycles. The highest BCUT2D eigenvalue weighted by atomic mass is 79.9. The summed E-state index contributed by atoms with van der Waals surface area (Å²) in [6, 6.07) is 1.23. The highest BCUT2D eigenvalue weighted by molar-refractivity contribution is 9.10. The minimum absolute atomic E-state index is 0.117. The van der Waals surface area contributed by atoms with Gasteiger partial charge in [-0.05, 0) is 22.4 Å². The molecule has 1 rings (SSSR count). The number of ether oxygens (including phenoxy) is 1. The Balaban J connectivity index is 2.93. The van der Waals surface area contributed by atoms with Gasteiger partial charge in [-0.25, -0.2) is 0 Å². The van der Waals surface area contributed by atoms with E-state index in [9.17, 15) is 9.36 Å². The summed E-state index contributed by atoms with van der Waals surface area (Å²) in [5.74, 6) is 0.323. The minimum Gasteiger partial charge on any atom is -0.486 e. The zero-order valence-corrected chi connectivity index (χ0v) is 14.2. The molecule has 0 aromatic carbocycles. The number of hydrogen-bond donors (Lipinski definition) is 0. The normalized spacial score (nSPS) is 11.6. The van der Waals surface area contributed by atoms with Crippen molar-refractivity contribution in [3.63, 3.8) is 0 Å². The summed E-state index contributed by atoms with van der Waals surface area (Å²) in [6.45, 7) is 2.46. The van der Waals surface area contributed by atoms with E-state index in [1.165, 1.54) is 20.3 Å². The summed E-state index contributed by atoms with van der Waals surface area (Å²) in [7, 11) is -0.723. The fourth-order valence-corrected chi connectivity index (χ4v) is 2.88. The average molecular weight is 369 g/mol. The van der Waals surface area contributed by atoms with Crippen LogP contribution in [0.2, 0.25) is 0 Å². The lowest BCUT2D eigenvalue weighted by Gasteiger charge is -2.13. The molecular formula is C12H18BrO6P. The molecule has 0 aliphatic carbocycles. The van der Waals surface area contributed by atoms with Crippen LogP contribution in [0.1, 0.15) is 25.5 Å². The first-order valence-electron chi connectivity index (χ1n) is 6.11. The highest BCUT2D eigenvalue weighted by Crippen LogP contribution is 2.49. The van der Waals surface area contributed by atoms with E-state index in [-0.39, 0.29) is 27.8 Å². The van der Waals surface area contributed by atoms with Crippen molar-refractivity contribution in [3.8, 4) is 5.75 Å². The van der Waals surface area contributed by atoms with Gasteiger partial charge in [-0.1, -0.05) is 13.3 Å². The van der Waals surface area contributed by atoms with E-state index in [1.807, 2.05) is 6.92 Å². The van der Waals surface area contributed by atoms with Gasteiger partial charge in [0.15, 0.2) is 0 Å². The van der Waals surface area contributed by atoms with Gasteiger partial charge in [0.25, 0.3) is 0 Å². The van der Waals surface area contributed by atoms with Crippen LogP contribution < -0.4 is 10.2 Å². The molecule has 1 aromatic heterocycles.